The molecule has 0 aromatic carbocycles. The fourth-order valence-corrected chi connectivity index (χ4v) is 4.44. The first-order chi connectivity index (χ1) is 7.98. The molecule has 3 unspecified atom stereocenters. The van der Waals surface area contributed by atoms with Crippen LogP contribution in [0, 0.1) is 11.3 Å². The normalized spacial score (nSPS) is 30.2. The molecule has 0 aromatic heterocycles. The third kappa shape index (κ3) is 5.21. The van der Waals surface area contributed by atoms with Gasteiger partial charge in [-0.3, -0.25) is 0 Å². The van der Waals surface area contributed by atoms with E-state index in [0.29, 0.717) is 5.41 Å². The molecular formula is C15H31NS. The molecule has 1 N–H and O–H groups in total. The summed E-state index contributed by atoms with van der Waals surface area (Å²) >= 11 is 2.22. The van der Waals surface area contributed by atoms with Gasteiger partial charge in [-0.1, -0.05) is 41.0 Å². The molecule has 17 heavy (non-hydrogen) atoms. The lowest BCUT2D eigenvalue weighted by molar-refractivity contribution is 0.215. The van der Waals surface area contributed by atoms with Crippen LogP contribution in [0.3, 0.4) is 0 Å². The molecule has 0 heterocycles. The highest BCUT2D eigenvalue weighted by Gasteiger charge is 2.34. The lowest BCUT2D eigenvalue weighted by Gasteiger charge is -2.41. The van der Waals surface area contributed by atoms with Gasteiger partial charge in [0.25, 0.3) is 0 Å². The van der Waals surface area contributed by atoms with Gasteiger partial charge in [-0.05, 0) is 42.9 Å². The van der Waals surface area contributed by atoms with Crippen molar-refractivity contribution in [2.45, 2.75) is 71.6 Å². The SMILES string of the molecule is CCNC1CCC(C)(C)CC1SCC(C)CC. The molecular weight excluding hydrogens is 226 g/mol. The average molecular weight is 257 g/mol. The van der Waals surface area contributed by atoms with Crippen molar-refractivity contribution in [3.8, 4) is 0 Å². The maximum atomic E-state index is 3.69. The van der Waals surface area contributed by atoms with Gasteiger partial charge in [-0.2, -0.15) is 11.8 Å². The van der Waals surface area contributed by atoms with E-state index < -0.39 is 0 Å². The first kappa shape index (κ1) is 15.4. The Balaban J connectivity index is 2.48. The molecule has 3 atom stereocenters. The fraction of sp³-hybridized carbons (Fsp3) is 1.00. The minimum Gasteiger partial charge on any atom is -0.313 e. The van der Waals surface area contributed by atoms with Crippen LogP contribution in [-0.4, -0.2) is 23.6 Å². The molecule has 1 aliphatic rings. The zero-order valence-corrected chi connectivity index (χ0v) is 13.2. The van der Waals surface area contributed by atoms with Crippen LogP contribution in [-0.2, 0) is 0 Å². The van der Waals surface area contributed by atoms with Gasteiger partial charge in [0.05, 0.1) is 0 Å². The lowest BCUT2D eigenvalue weighted by atomic mass is 9.75. The Morgan fingerprint density at radius 3 is 2.65 bits per heavy atom. The van der Waals surface area contributed by atoms with E-state index in [0.717, 1.165) is 23.8 Å². The number of rotatable bonds is 6. The fourth-order valence-electron chi connectivity index (χ4n) is 2.60. The van der Waals surface area contributed by atoms with E-state index in [1.165, 1.54) is 31.4 Å². The summed E-state index contributed by atoms with van der Waals surface area (Å²) in [6, 6.07) is 0.752. The highest BCUT2D eigenvalue weighted by molar-refractivity contribution is 7.99. The molecule has 0 radical (unpaired) electrons. The molecule has 1 nitrogen and oxygen atoms in total. The van der Waals surface area contributed by atoms with E-state index >= 15 is 0 Å². The molecule has 1 rings (SSSR count). The van der Waals surface area contributed by atoms with Crippen LogP contribution < -0.4 is 5.32 Å². The molecule has 1 fully saturated rings. The molecule has 0 aromatic rings. The van der Waals surface area contributed by atoms with E-state index in [4.69, 9.17) is 0 Å². The second kappa shape index (κ2) is 7.04. The molecule has 1 saturated carbocycles. The molecule has 1 aliphatic carbocycles. The van der Waals surface area contributed by atoms with Crippen LogP contribution in [0.15, 0.2) is 0 Å². The standard InChI is InChI=1S/C15H31NS/c1-6-12(3)11-17-14-10-15(4,5)9-8-13(14)16-7-2/h12-14,16H,6-11H2,1-5H3. The average Bonchev–Trinajstić information content (AvgIpc) is 2.28. The molecule has 102 valence electrons. The summed E-state index contributed by atoms with van der Waals surface area (Å²) in [5.74, 6) is 2.20. The van der Waals surface area contributed by atoms with Gasteiger partial charge in [-0.15, -0.1) is 0 Å². The van der Waals surface area contributed by atoms with Crippen LogP contribution in [0.1, 0.15) is 60.3 Å². The Labute approximate surface area is 113 Å². The molecule has 2 heteroatoms. The van der Waals surface area contributed by atoms with Gasteiger partial charge in [0, 0.05) is 11.3 Å². The lowest BCUT2D eigenvalue weighted by Crippen LogP contribution is -2.45. The topological polar surface area (TPSA) is 12.0 Å². The van der Waals surface area contributed by atoms with Crippen molar-refractivity contribution in [1.29, 1.82) is 0 Å². The van der Waals surface area contributed by atoms with Crippen molar-refractivity contribution < 1.29 is 0 Å². The Morgan fingerprint density at radius 2 is 2.06 bits per heavy atom. The van der Waals surface area contributed by atoms with E-state index in [1.807, 2.05) is 0 Å². The van der Waals surface area contributed by atoms with E-state index in [2.05, 4.69) is 51.7 Å². The summed E-state index contributed by atoms with van der Waals surface area (Å²) in [5.41, 5.74) is 0.555. The monoisotopic (exact) mass is 257 g/mol. The molecule has 0 amide bonds. The van der Waals surface area contributed by atoms with Crippen LogP contribution in [0.4, 0.5) is 0 Å². The third-order valence-electron chi connectivity index (χ3n) is 4.09. The maximum absolute atomic E-state index is 3.69. The summed E-state index contributed by atoms with van der Waals surface area (Å²) in [6.07, 6.45) is 5.44. The predicted octanol–water partition coefficient (Wildman–Crippen LogP) is 4.32. The summed E-state index contributed by atoms with van der Waals surface area (Å²) < 4.78 is 0. The quantitative estimate of drug-likeness (QED) is 0.760. The Bertz CT molecular complexity index is 215. The number of thioether (sulfide) groups is 1. The van der Waals surface area contributed by atoms with Gasteiger partial charge in [-0.25, -0.2) is 0 Å². The van der Waals surface area contributed by atoms with E-state index in [1.54, 1.807) is 0 Å². The molecule has 0 aliphatic heterocycles. The summed E-state index contributed by atoms with van der Waals surface area (Å²) in [7, 11) is 0. The maximum Gasteiger partial charge on any atom is 0.0206 e. The zero-order valence-electron chi connectivity index (χ0n) is 12.4. The van der Waals surface area contributed by atoms with Crippen molar-refractivity contribution >= 4 is 11.8 Å². The van der Waals surface area contributed by atoms with Crippen molar-refractivity contribution in [1.82, 2.24) is 5.32 Å². The molecule has 0 bridgehead atoms. The van der Waals surface area contributed by atoms with Gasteiger partial charge >= 0.3 is 0 Å². The zero-order chi connectivity index (χ0) is 12.9. The smallest absolute Gasteiger partial charge is 0.0206 e. The summed E-state index contributed by atoms with van der Waals surface area (Å²) in [6.45, 7) is 12.9. The predicted molar refractivity (Wildman–Crippen MR) is 80.8 cm³/mol. The summed E-state index contributed by atoms with van der Waals surface area (Å²) in [5, 5.41) is 4.52. The van der Waals surface area contributed by atoms with Crippen molar-refractivity contribution in [2.75, 3.05) is 12.3 Å². The number of hydrogen-bond donors (Lipinski definition) is 1. The Hall–Kier alpha value is 0.310. The largest absolute Gasteiger partial charge is 0.313 e. The first-order valence-corrected chi connectivity index (χ1v) is 8.38. The number of hydrogen-bond acceptors (Lipinski definition) is 2. The minimum atomic E-state index is 0.555. The van der Waals surface area contributed by atoms with E-state index in [-0.39, 0.29) is 0 Å². The second-order valence-electron chi connectivity index (χ2n) is 6.46. The van der Waals surface area contributed by atoms with Crippen molar-refractivity contribution in [3.63, 3.8) is 0 Å². The van der Waals surface area contributed by atoms with Crippen LogP contribution in [0.5, 0.6) is 0 Å². The van der Waals surface area contributed by atoms with Crippen LogP contribution in [0.25, 0.3) is 0 Å². The highest BCUT2D eigenvalue weighted by atomic mass is 32.2. The molecule has 0 spiro atoms. The van der Waals surface area contributed by atoms with Crippen molar-refractivity contribution in [3.05, 3.63) is 0 Å². The summed E-state index contributed by atoms with van der Waals surface area (Å²) in [4.78, 5) is 0. The number of nitrogens with one attached hydrogen (secondary N) is 1. The first-order valence-electron chi connectivity index (χ1n) is 7.33. The minimum absolute atomic E-state index is 0.555. The molecule has 0 saturated heterocycles. The van der Waals surface area contributed by atoms with Crippen molar-refractivity contribution in [2.24, 2.45) is 11.3 Å². The highest BCUT2D eigenvalue weighted by Crippen LogP contribution is 2.40. The van der Waals surface area contributed by atoms with Gasteiger partial charge in [0.15, 0.2) is 0 Å². The van der Waals surface area contributed by atoms with Crippen LogP contribution in [0.2, 0.25) is 0 Å². The second-order valence-corrected chi connectivity index (χ2v) is 7.73. The Morgan fingerprint density at radius 1 is 1.35 bits per heavy atom. The van der Waals surface area contributed by atoms with Crippen LogP contribution >= 0.6 is 11.8 Å². The Kier molecular flexibility index (Phi) is 6.36. The van der Waals surface area contributed by atoms with Gasteiger partial charge in [0.1, 0.15) is 0 Å². The van der Waals surface area contributed by atoms with Gasteiger partial charge < -0.3 is 5.32 Å². The van der Waals surface area contributed by atoms with Gasteiger partial charge in [0.2, 0.25) is 0 Å². The third-order valence-corrected chi connectivity index (χ3v) is 5.78. The van der Waals surface area contributed by atoms with E-state index in [9.17, 15) is 0 Å².